The van der Waals surface area contributed by atoms with Crippen LogP contribution in [0, 0.1) is 0 Å². The van der Waals surface area contributed by atoms with Gasteiger partial charge in [-0.2, -0.15) is 0 Å². The van der Waals surface area contributed by atoms with Crippen LogP contribution >= 0.6 is 23.1 Å². The second kappa shape index (κ2) is 7.56. The van der Waals surface area contributed by atoms with Crippen LogP contribution in [0.2, 0.25) is 0 Å². The van der Waals surface area contributed by atoms with E-state index in [1.54, 1.807) is 30.7 Å². The largest absolute Gasteiger partial charge is 0.387 e. The SMILES string of the molecule is O=C(CO)NCc1ccc(C(=O)CSc2nccn3ccnc23)s1. The number of carbonyl (C=O) groups excluding carboxylic acids is 2. The molecule has 0 aliphatic carbocycles. The van der Waals surface area contributed by atoms with Gasteiger partial charge in [0.15, 0.2) is 11.4 Å². The molecule has 1 amide bonds. The average molecular weight is 362 g/mol. The molecule has 0 fully saturated rings. The summed E-state index contributed by atoms with van der Waals surface area (Å²) in [5, 5.41) is 11.9. The molecule has 7 nitrogen and oxygen atoms in total. The summed E-state index contributed by atoms with van der Waals surface area (Å²) in [6.45, 7) is -0.237. The van der Waals surface area contributed by atoms with Crippen LogP contribution in [-0.2, 0) is 11.3 Å². The Bertz CT molecular complexity index is 874. The van der Waals surface area contributed by atoms with Gasteiger partial charge in [0.05, 0.1) is 17.2 Å². The Labute approximate surface area is 145 Å². The van der Waals surface area contributed by atoms with Gasteiger partial charge in [-0.25, -0.2) is 9.97 Å². The maximum absolute atomic E-state index is 12.3. The summed E-state index contributed by atoms with van der Waals surface area (Å²) < 4.78 is 1.85. The van der Waals surface area contributed by atoms with Crippen LogP contribution in [0.4, 0.5) is 0 Å². The first-order valence-corrected chi connectivity index (χ1v) is 8.87. The zero-order valence-corrected chi connectivity index (χ0v) is 14.1. The predicted octanol–water partition coefficient (Wildman–Crippen LogP) is 1.37. The van der Waals surface area contributed by atoms with E-state index in [2.05, 4.69) is 15.3 Å². The van der Waals surface area contributed by atoms with Gasteiger partial charge in [-0.3, -0.25) is 9.59 Å². The molecular formula is C15H14N4O3S2. The molecule has 24 heavy (non-hydrogen) atoms. The Morgan fingerprint density at radius 2 is 2.04 bits per heavy atom. The van der Waals surface area contributed by atoms with Crippen LogP contribution in [-0.4, -0.2) is 43.5 Å². The molecule has 3 aromatic rings. The van der Waals surface area contributed by atoms with Crippen LogP contribution in [0.5, 0.6) is 0 Å². The Hall–Kier alpha value is -2.23. The highest BCUT2D eigenvalue weighted by atomic mass is 32.2. The highest BCUT2D eigenvalue weighted by Gasteiger charge is 2.13. The highest BCUT2D eigenvalue weighted by Crippen LogP contribution is 2.23. The first-order valence-electron chi connectivity index (χ1n) is 7.07. The number of thiophene rings is 1. The fraction of sp³-hybridized carbons (Fsp3) is 0.200. The van der Waals surface area contributed by atoms with E-state index in [1.807, 2.05) is 10.6 Å². The summed E-state index contributed by atoms with van der Waals surface area (Å²) in [5.41, 5.74) is 0.730. The summed E-state index contributed by atoms with van der Waals surface area (Å²) in [6, 6.07) is 3.55. The van der Waals surface area contributed by atoms with Crippen LogP contribution in [0.15, 0.2) is 41.9 Å². The number of aliphatic hydroxyl groups excluding tert-OH is 1. The Balaban J connectivity index is 1.60. The number of hydrogen-bond donors (Lipinski definition) is 2. The lowest BCUT2D eigenvalue weighted by molar-refractivity contribution is -0.123. The number of nitrogens with zero attached hydrogens (tertiary/aromatic N) is 3. The molecule has 0 unspecified atom stereocenters. The number of thioether (sulfide) groups is 1. The van der Waals surface area contributed by atoms with Crippen molar-refractivity contribution >= 4 is 40.4 Å². The van der Waals surface area contributed by atoms with Gasteiger partial charge in [-0.1, -0.05) is 11.8 Å². The Kier molecular flexibility index (Phi) is 5.24. The fourth-order valence-corrected chi connectivity index (χ4v) is 3.82. The molecule has 9 heteroatoms. The van der Waals surface area contributed by atoms with Crippen LogP contribution in [0.25, 0.3) is 5.65 Å². The lowest BCUT2D eigenvalue weighted by atomic mass is 10.3. The third-order valence-corrected chi connectivity index (χ3v) is 5.25. The van der Waals surface area contributed by atoms with Gasteiger partial charge in [-0.15, -0.1) is 11.3 Å². The van der Waals surface area contributed by atoms with Gasteiger partial charge >= 0.3 is 0 Å². The lowest BCUT2D eigenvalue weighted by Gasteiger charge is -2.01. The van der Waals surface area contributed by atoms with E-state index >= 15 is 0 Å². The second-order valence-corrected chi connectivity index (χ2v) is 6.94. The predicted molar refractivity (Wildman–Crippen MR) is 91.3 cm³/mol. The third kappa shape index (κ3) is 3.81. The number of fused-ring (bicyclic) bond motifs is 1. The summed E-state index contributed by atoms with van der Waals surface area (Å²) in [7, 11) is 0. The van der Waals surface area contributed by atoms with E-state index in [1.165, 1.54) is 23.1 Å². The van der Waals surface area contributed by atoms with Gasteiger partial charge < -0.3 is 14.8 Å². The minimum absolute atomic E-state index is 0.0000869. The molecule has 3 heterocycles. The van der Waals surface area contributed by atoms with Gasteiger partial charge in [0.1, 0.15) is 11.6 Å². The molecule has 0 spiro atoms. The van der Waals surface area contributed by atoms with Crippen molar-refractivity contribution in [2.24, 2.45) is 0 Å². The van der Waals surface area contributed by atoms with Crippen molar-refractivity contribution < 1.29 is 14.7 Å². The van der Waals surface area contributed by atoms with Crippen molar-refractivity contribution in [2.45, 2.75) is 11.6 Å². The monoisotopic (exact) mass is 362 g/mol. The van der Waals surface area contributed by atoms with E-state index < -0.39 is 12.5 Å². The van der Waals surface area contributed by atoms with Gasteiger partial charge in [-0.05, 0) is 12.1 Å². The zero-order valence-electron chi connectivity index (χ0n) is 12.5. The van der Waals surface area contributed by atoms with E-state index in [-0.39, 0.29) is 11.5 Å². The normalized spacial score (nSPS) is 10.9. The molecule has 3 rings (SSSR count). The van der Waals surface area contributed by atoms with Crippen molar-refractivity contribution in [3.8, 4) is 0 Å². The number of imidazole rings is 1. The smallest absolute Gasteiger partial charge is 0.246 e. The molecule has 0 atom stereocenters. The van der Waals surface area contributed by atoms with Crippen molar-refractivity contribution in [2.75, 3.05) is 12.4 Å². The maximum atomic E-state index is 12.3. The number of hydrogen-bond acceptors (Lipinski definition) is 7. The van der Waals surface area contributed by atoms with E-state index in [9.17, 15) is 9.59 Å². The zero-order chi connectivity index (χ0) is 16.9. The number of amides is 1. The summed E-state index contributed by atoms with van der Waals surface area (Å²) >= 11 is 2.68. The number of Topliss-reactive ketones (excluding diaryl/α,β-unsaturated/α-hetero) is 1. The molecule has 0 aliphatic heterocycles. The molecule has 0 bridgehead atoms. The minimum Gasteiger partial charge on any atom is -0.387 e. The number of nitrogens with one attached hydrogen (secondary N) is 1. The fourth-order valence-electron chi connectivity index (χ4n) is 2.00. The summed E-state index contributed by atoms with van der Waals surface area (Å²) in [6.07, 6.45) is 7.00. The average Bonchev–Trinajstić information content (AvgIpc) is 3.26. The van der Waals surface area contributed by atoms with E-state index in [4.69, 9.17) is 5.11 Å². The van der Waals surface area contributed by atoms with E-state index in [0.717, 1.165) is 10.5 Å². The quantitative estimate of drug-likeness (QED) is 0.487. The minimum atomic E-state index is -0.542. The molecule has 0 aromatic carbocycles. The van der Waals surface area contributed by atoms with Gasteiger partial charge in [0.25, 0.3) is 0 Å². The first kappa shape index (κ1) is 16.6. The maximum Gasteiger partial charge on any atom is 0.246 e. The Morgan fingerprint density at radius 3 is 2.83 bits per heavy atom. The molecule has 0 radical (unpaired) electrons. The van der Waals surface area contributed by atoms with Crippen molar-refractivity contribution in [1.29, 1.82) is 0 Å². The second-order valence-electron chi connectivity index (χ2n) is 4.80. The molecular weight excluding hydrogens is 348 g/mol. The number of aliphatic hydroxyl groups is 1. The molecule has 0 aliphatic rings. The standard InChI is InChI=1S/C15H14N4O3S2/c20-8-13(22)18-7-10-1-2-12(24-10)11(21)9-23-15-14-16-3-5-19(14)6-4-17-15/h1-6,20H,7-9H2,(H,18,22). The van der Waals surface area contributed by atoms with E-state index in [0.29, 0.717) is 16.4 Å². The number of aromatic nitrogens is 3. The number of rotatable bonds is 7. The van der Waals surface area contributed by atoms with Gasteiger partial charge in [0, 0.05) is 29.7 Å². The molecule has 0 saturated heterocycles. The molecule has 3 aromatic heterocycles. The van der Waals surface area contributed by atoms with Crippen molar-refractivity contribution in [3.05, 3.63) is 46.7 Å². The van der Waals surface area contributed by atoms with Crippen molar-refractivity contribution in [3.63, 3.8) is 0 Å². The van der Waals surface area contributed by atoms with Crippen LogP contribution in [0.1, 0.15) is 14.5 Å². The Morgan fingerprint density at radius 1 is 1.25 bits per heavy atom. The summed E-state index contributed by atoms with van der Waals surface area (Å²) in [5.74, 6) is -0.173. The molecule has 0 saturated carbocycles. The molecule has 2 N–H and O–H groups in total. The number of carbonyl (C=O) groups is 2. The third-order valence-electron chi connectivity index (χ3n) is 3.16. The van der Waals surface area contributed by atoms with Gasteiger partial charge in [0.2, 0.25) is 5.91 Å². The van der Waals surface area contributed by atoms with Crippen LogP contribution < -0.4 is 5.32 Å². The highest BCUT2D eigenvalue weighted by molar-refractivity contribution is 8.00. The van der Waals surface area contributed by atoms with Crippen molar-refractivity contribution in [1.82, 2.24) is 19.7 Å². The van der Waals surface area contributed by atoms with Crippen LogP contribution in [0.3, 0.4) is 0 Å². The lowest BCUT2D eigenvalue weighted by Crippen LogP contribution is -2.25. The molecule has 124 valence electrons. The number of ketones is 1. The summed E-state index contributed by atoms with van der Waals surface area (Å²) in [4.78, 5) is 33.3. The first-order chi connectivity index (χ1) is 11.7. The topological polar surface area (TPSA) is 96.6 Å².